The van der Waals surface area contributed by atoms with E-state index in [0.29, 0.717) is 98.6 Å². The van der Waals surface area contributed by atoms with Gasteiger partial charge in [0.1, 0.15) is 33.0 Å². The summed E-state index contributed by atoms with van der Waals surface area (Å²) in [5.74, 6) is 2.51. The Morgan fingerprint density at radius 3 is 1.23 bits per heavy atom. The number of likely N-dealkylation sites (N-methyl/N-ethyl adjacent to an activating group) is 1. The minimum Gasteiger partial charge on any atom is -0.395 e. The number of fused-ring (bicyclic) bond motifs is 7. The van der Waals surface area contributed by atoms with Gasteiger partial charge < -0.3 is 41.3 Å². The summed E-state index contributed by atoms with van der Waals surface area (Å²) in [5, 5.41) is 51.7. The number of aliphatic hydroxyl groups excluding tert-OH is 1. The van der Waals surface area contributed by atoms with Gasteiger partial charge in [-0.1, -0.05) is 61.5 Å². The molecule has 29 heteroatoms. The van der Waals surface area contributed by atoms with E-state index in [-0.39, 0.29) is 54.2 Å². The van der Waals surface area contributed by atoms with Gasteiger partial charge in [0.05, 0.1) is 43.3 Å². The van der Waals surface area contributed by atoms with Gasteiger partial charge in [0, 0.05) is 93.8 Å². The lowest BCUT2D eigenvalue weighted by molar-refractivity contribution is -0.130. The Balaban J connectivity index is 0.000000140. The summed E-state index contributed by atoms with van der Waals surface area (Å²) in [5.41, 5.74) is 8.67. The minimum absolute atomic E-state index is 0.0853. The molecule has 1 aliphatic carbocycles. The molecule has 7 N–H and O–H groups in total. The number of anilines is 6. The lowest BCUT2D eigenvalue weighted by Crippen LogP contribution is -2.40. The van der Waals surface area contributed by atoms with Gasteiger partial charge in [-0.25, -0.2) is 58.0 Å². The molecule has 1 spiro atoms. The number of amides is 1. The zero-order valence-electron chi connectivity index (χ0n) is 64.3. The Kier molecular flexibility index (Phi) is 21.3. The van der Waals surface area contributed by atoms with Gasteiger partial charge in [0.15, 0.2) is 34.4 Å². The third kappa shape index (κ3) is 15.7. The molecule has 1 fully saturated rings. The molecular weight excluding hydrogens is 1420 g/mol. The number of pyridine rings is 3. The van der Waals surface area contributed by atoms with Gasteiger partial charge in [0.2, 0.25) is 23.8 Å². The predicted octanol–water partition coefficient (Wildman–Crippen LogP) is 9.52. The second kappa shape index (κ2) is 31.1. The number of carbonyl (C=O) groups is 1. The number of aliphatic hydroxyl groups is 4. The highest BCUT2D eigenvalue weighted by Crippen LogP contribution is 2.53. The highest BCUT2D eigenvalue weighted by molar-refractivity contribution is 5.80. The molecule has 0 radical (unpaired) electrons. The van der Waals surface area contributed by atoms with Gasteiger partial charge in [-0.05, 0) is 180 Å². The standard InChI is InChI=1S/C29H31N7O3.C27H31N7O3.C27H31N7O2/c1-5-13-35-26(38)21-15-30-27(33-25(21)36(35)24-8-6-7-23(32-24)28(3,4)39)31-20-9-10-22-19(14-20)16-34(18(2)37)17-29(22)11-12-29;1-4-11-33-25(36)21-16-28-26(29-20-9-8-18-10-12-32(13-14-35)17-19(18)15-20)31-24(21)34(33)23-7-5-6-22(30-23)27(2,3)37;1-5-13-33-25(35)21-16-28-26(29-20-11-10-18-12-14-32(6-2)17-19(18)15-20)31-24(21)34(33)23-9-7-8-22(30-23)27(3,4)36/h5-10,14-15,39H,1,11-13,16-17H2,2-4H3,(H,30,31,33);4-9,15-16,35,37H,1,10-14,17H2,2-3H3,(H,28,29,31);5,7-11,15-16,36H,1,6,12-14,17H2,2-4H3,(H,28,29,31). The number of hydrogen-bond acceptors (Lipinski definition) is 22. The van der Waals surface area contributed by atoms with Crippen LogP contribution in [0.3, 0.4) is 0 Å². The molecule has 3 aromatic carbocycles. The summed E-state index contributed by atoms with van der Waals surface area (Å²) >= 11 is 0. The second-order valence-electron chi connectivity index (χ2n) is 30.3. The van der Waals surface area contributed by atoms with E-state index in [1.165, 1.54) is 54.3 Å². The first-order valence-electron chi connectivity index (χ1n) is 37.5. The first kappa shape index (κ1) is 76.8. The Hall–Kier alpha value is -12.0. The topological polar surface area (TPSA) is 341 Å². The first-order valence-corrected chi connectivity index (χ1v) is 37.5. The van der Waals surface area contributed by atoms with Crippen molar-refractivity contribution in [2.45, 2.75) is 143 Å². The third-order valence-electron chi connectivity index (χ3n) is 20.7. The Labute approximate surface area is 646 Å². The summed E-state index contributed by atoms with van der Waals surface area (Å²) in [6, 6.07) is 34.7. The molecule has 578 valence electrons. The maximum Gasteiger partial charge on any atom is 0.278 e. The molecule has 29 nitrogen and oxygen atoms in total. The van der Waals surface area contributed by atoms with Crippen LogP contribution in [0.15, 0.2) is 180 Å². The van der Waals surface area contributed by atoms with Gasteiger partial charge in [0.25, 0.3) is 16.7 Å². The average Bonchev–Trinajstić information content (AvgIpc) is 1.59. The van der Waals surface area contributed by atoms with Crippen molar-refractivity contribution >= 4 is 73.9 Å². The summed E-state index contributed by atoms with van der Waals surface area (Å²) in [4.78, 5) is 99.7. The van der Waals surface area contributed by atoms with Crippen molar-refractivity contribution in [1.82, 2.24) is 87.6 Å². The minimum atomic E-state index is -1.16. The van der Waals surface area contributed by atoms with Crippen LogP contribution in [-0.4, -0.2) is 153 Å². The number of allylic oxidation sites excluding steroid dienone is 3. The van der Waals surface area contributed by atoms with E-state index < -0.39 is 16.8 Å². The molecule has 4 aliphatic rings. The fourth-order valence-electron chi connectivity index (χ4n) is 14.7. The third-order valence-corrected chi connectivity index (χ3v) is 20.7. The van der Waals surface area contributed by atoms with Gasteiger partial charge in [-0.3, -0.25) is 29.0 Å². The molecule has 1 saturated carbocycles. The number of aromatic nitrogens is 15. The quantitative estimate of drug-likeness (QED) is 0.0329. The van der Waals surface area contributed by atoms with Crippen molar-refractivity contribution in [1.29, 1.82) is 0 Å². The van der Waals surface area contributed by atoms with Crippen LogP contribution in [-0.2, 0) is 79.1 Å². The average molecular weight is 1510 g/mol. The van der Waals surface area contributed by atoms with E-state index >= 15 is 0 Å². The highest BCUT2D eigenvalue weighted by Gasteiger charge is 2.49. The number of hydrogen-bond donors (Lipinski definition) is 7. The maximum absolute atomic E-state index is 13.3. The molecule has 0 atom stereocenters. The van der Waals surface area contributed by atoms with E-state index in [1.807, 2.05) is 23.1 Å². The van der Waals surface area contributed by atoms with Crippen LogP contribution in [0.5, 0.6) is 0 Å². The van der Waals surface area contributed by atoms with Crippen LogP contribution in [0.2, 0.25) is 0 Å². The molecular formula is C83H93N21O8. The molecule has 9 aromatic heterocycles. The fourth-order valence-corrected chi connectivity index (χ4v) is 14.7. The van der Waals surface area contributed by atoms with Crippen LogP contribution >= 0.6 is 0 Å². The SMILES string of the molecule is C=CCn1c(=O)c2cnc(Nc3ccc4c(c3)CN(C(C)=O)CC43CC3)nc2n1-c1cccc(C(C)(C)O)n1.C=CCn1c(=O)c2cnc(Nc3ccc4c(c3)CN(CC)CC4)nc2n1-c1cccc(C(C)(C)O)n1.C=CCn1c(=O)c2cnc(Nc3ccc4c(c3)CN(CCO)CC4)nc2n1-c1cccc(C(C)(C)O)n1. The molecule has 1 amide bonds. The van der Waals surface area contributed by atoms with Crippen molar-refractivity contribution < 1.29 is 25.2 Å². The highest BCUT2D eigenvalue weighted by atomic mass is 16.3. The largest absolute Gasteiger partial charge is 0.395 e. The van der Waals surface area contributed by atoms with Crippen LogP contribution in [0, 0.1) is 0 Å². The normalized spacial score (nSPS) is 14.7. The van der Waals surface area contributed by atoms with Gasteiger partial charge in [-0.2, -0.15) is 15.0 Å². The van der Waals surface area contributed by atoms with Crippen molar-refractivity contribution in [3.63, 3.8) is 0 Å². The van der Waals surface area contributed by atoms with E-state index in [4.69, 9.17) is 15.0 Å². The van der Waals surface area contributed by atoms with Gasteiger partial charge >= 0.3 is 0 Å². The first-order chi connectivity index (χ1) is 53.6. The van der Waals surface area contributed by atoms with Crippen molar-refractivity contribution in [2.24, 2.45) is 0 Å². The van der Waals surface area contributed by atoms with E-state index in [2.05, 4.69) is 119 Å². The Morgan fingerprint density at radius 1 is 0.500 bits per heavy atom. The number of benzene rings is 3. The smallest absolute Gasteiger partial charge is 0.278 e. The lowest BCUT2D eigenvalue weighted by atomic mass is 9.86. The Morgan fingerprint density at radius 2 is 0.875 bits per heavy atom. The van der Waals surface area contributed by atoms with Crippen LogP contribution in [0.4, 0.5) is 34.9 Å². The predicted molar refractivity (Wildman–Crippen MR) is 431 cm³/mol. The zero-order valence-corrected chi connectivity index (χ0v) is 64.3. The number of nitrogens with one attached hydrogen (secondary N) is 3. The van der Waals surface area contributed by atoms with Crippen molar-refractivity contribution in [3.8, 4) is 17.5 Å². The number of carbonyl (C=O) groups excluding carboxylic acids is 1. The van der Waals surface area contributed by atoms with E-state index in [9.17, 15) is 39.6 Å². The molecule has 3 aliphatic heterocycles. The molecule has 0 saturated heterocycles. The number of rotatable bonds is 21. The van der Waals surface area contributed by atoms with Crippen LogP contribution in [0.25, 0.3) is 50.6 Å². The molecule has 112 heavy (non-hydrogen) atoms. The van der Waals surface area contributed by atoms with Crippen molar-refractivity contribution in [3.05, 3.63) is 247 Å². The van der Waals surface area contributed by atoms with E-state index in [1.54, 1.807) is 142 Å². The number of nitrogens with zero attached hydrogens (tertiary/aromatic N) is 18. The summed E-state index contributed by atoms with van der Waals surface area (Å²) < 4.78 is 9.45. The summed E-state index contributed by atoms with van der Waals surface area (Å²) in [7, 11) is 0. The lowest BCUT2D eigenvalue weighted by Gasteiger charge is -2.34. The molecule has 0 bridgehead atoms. The molecule has 16 rings (SSSR count). The maximum atomic E-state index is 13.3. The van der Waals surface area contributed by atoms with Crippen molar-refractivity contribution in [2.75, 3.05) is 55.3 Å². The molecule has 0 unspecified atom stereocenters. The van der Waals surface area contributed by atoms with Crippen LogP contribution in [0.1, 0.15) is 119 Å². The van der Waals surface area contributed by atoms with Gasteiger partial charge in [-0.15, -0.1) is 19.7 Å². The number of β-amino-alcohol motifs (C(OH)–C–C–N with tert-alkyl or cyclic N) is 1. The second-order valence-corrected chi connectivity index (χ2v) is 30.3. The summed E-state index contributed by atoms with van der Waals surface area (Å²) in [6.45, 7) is 32.8. The zero-order chi connectivity index (χ0) is 79.1. The molecule has 12 aromatic rings. The monoisotopic (exact) mass is 1510 g/mol. The fraction of sp³-hybridized carbons (Fsp3) is 0.337. The molecule has 12 heterocycles. The van der Waals surface area contributed by atoms with Crippen LogP contribution < -0.4 is 32.6 Å². The summed E-state index contributed by atoms with van der Waals surface area (Å²) in [6.07, 6.45) is 13.7. The van der Waals surface area contributed by atoms with E-state index in [0.717, 1.165) is 87.6 Å². The Bertz CT molecular complexity index is 5820.